The zero-order valence-corrected chi connectivity index (χ0v) is 19.3. The Morgan fingerprint density at radius 2 is 1.91 bits per heavy atom. The summed E-state index contributed by atoms with van der Waals surface area (Å²) < 4.78 is 6.12. The Balaban J connectivity index is 1.19. The van der Waals surface area contributed by atoms with Crippen molar-refractivity contribution in [2.75, 3.05) is 31.1 Å². The maximum absolute atomic E-state index is 11.8. The highest BCUT2D eigenvalue weighted by atomic mass is 32.2. The van der Waals surface area contributed by atoms with Gasteiger partial charge in [-0.15, -0.1) is 0 Å². The summed E-state index contributed by atoms with van der Waals surface area (Å²) in [7, 11) is 0. The molecule has 2 aliphatic heterocycles. The summed E-state index contributed by atoms with van der Waals surface area (Å²) >= 11 is 6.33. The Morgan fingerprint density at radius 1 is 1.19 bits per heavy atom. The van der Waals surface area contributed by atoms with Crippen molar-refractivity contribution in [1.29, 1.82) is 0 Å². The molecule has 0 saturated carbocycles. The number of carbonyl (C=O) groups is 1. The summed E-state index contributed by atoms with van der Waals surface area (Å²) in [5.41, 5.74) is 2.17. The molecule has 2 aliphatic rings. The maximum atomic E-state index is 11.8. The van der Waals surface area contributed by atoms with Crippen LogP contribution in [0, 0.1) is 0 Å². The number of nitrogens with zero attached hydrogens (tertiary/aromatic N) is 1. The molecular weight excluding hydrogens is 442 g/mol. The second-order valence-electron chi connectivity index (χ2n) is 7.89. The third-order valence-corrected chi connectivity index (χ3v) is 6.68. The first kappa shape index (κ1) is 22.8. The van der Waals surface area contributed by atoms with Crippen LogP contribution in [0.2, 0.25) is 0 Å². The van der Waals surface area contributed by atoms with Crippen LogP contribution in [0.15, 0.2) is 59.5 Å². The smallest absolute Gasteiger partial charge is 0.263 e. The minimum absolute atomic E-state index is 0.129. The number of ether oxygens (including phenoxy) is 1. The number of hydrogen-bond donors (Lipinski definition) is 3. The van der Waals surface area contributed by atoms with Gasteiger partial charge in [0, 0.05) is 31.4 Å². The van der Waals surface area contributed by atoms with Gasteiger partial charge < -0.3 is 25.4 Å². The Bertz CT molecular complexity index is 958. The number of thioether (sulfide) groups is 1. The summed E-state index contributed by atoms with van der Waals surface area (Å²) in [6.07, 6.45) is 3.37. The molecule has 2 fully saturated rings. The largest absolute Gasteiger partial charge is 0.491 e. The summed E-state index contributed by atoms with van der Waals surface area (Å²) in [5, 5.41) is 16.3. The number of hydrogen-bond acceptors (Lipinski definition) is 7. The number of aliphatic hydroxyl groups excluding tert-OH is 1. The third-order valence-electron chi connectivity index (χ3n) is 5.52. The van der Waals surface area contributed by atoms with Gasteiger partial charge in [0.05, 0.1) is 4.91 Å². The molecule has 0 aromatic heterocycles. The van der Waals surface area contributed by atoms with E-state index in [0.717, 1.165) is 37.2 Å². The van der Waals surface area contributed by atoms with E-state index < -0.39 is 6.10 Å². The molecule has 168 valence electrons. The zero-order valence-electron chi connectivity index (χ0n) is 17.7. The number of anilines is 1. The average Bonchev–Trinajstić information content (AvgIpc) is 3.14. The fourth-order valence-corrected chi connectivity index (χ4v) is 4.81. The summed E-state index contributed by atoms with van der Waals surface area (Å²) in [5.74, 6) is 0.645. The second-order valence-corrected chi connectivity index (χ2v) is 9.61. The molecule has 2 heterocycles. The van der Waals surface area contributed by atoms with Crippen molar-refractivity contribution in [3.63, 3.8) is 0 Å². The second kappa shape index (κ2) is 11.0. The number of benzene rings is 2. The molecule has 3 N–H and O–H groups in total. The number of thiocarbonyl (C=S) groups is 1. The lowest BCUT2D eigenvalue weighted by Crippen LogP contribution is -2.45. The van der Waals surface area contributed by atoms with Crippen LogP contribution in [0.25, 0.3) is 6.08 Å². The van der Waals surface area contributed by atoms with Gasteiger partial charge in [0.15, 0.2) is 0 Å². The van der Waals surface area contributed by atoms with E-state index in [4.69, 9.17) is 17.0 Å². The molecule has 0 aliphatic carbocycles. The van der Waals surface area contributed by atoms with Crippen molar-refractivity contribution < 1.29 is 14.6 Å². The number of carbonyl (C=O) groups excluding carboxylic acids is 1. The highest BCUT2D eigenvalue weighted by molar-refractivity contribution is 8.26. The summed E-state index contributed by atoms with van der Waals surface area (Å²) in [6, 6.07) is 18.2. The van der Waals surface area contributed by atoms with E-state index >= 15 is 0 Å². The Labute approximate surface area is 198 Å². The number of nitrogens with one attached hydrogen (secondary N) is 2. The number of rotatable bonds is 8. The molecule has 1 atom stereocenters. The normalized spacial score (nSPS) is 19.3. The number of aliphatic hydroxyl groups is 1. The summed E-state index contributed by atoms with van der Waals surface area (Å²) in [4.78, 5) is 14.8. The van der Waals surface area contributed by atoms with E-state index in [2.05, 4.69) is 27.7 Å². The lowest BCUT2D eigenvalue weighted by molar-refractivity contribution is -0.115. The fraction of sp³-hybridized carbons (Fsp3) is 0.333. The van der Waals surface area contributed by atoms with Gasteiger partial charge in [-0.3, -0.25) is 4.79 Å². The quantitative estimate of drug-likeness (QED) is 0.405. The van der Waals surface area contributed by atoms with Crippen LogP contribution >= 0.6 is 24.0 Å². The van der Waals surface area contributed by atoms with Crippen LogP contribution in [0.4, 0.5) is 5.69 Å². The van der Waals surface area contributed by atoms with Gasteiger partial charge in [-0.1, -0.05) is 54.3 Å². The number of para-hydroxylation sites is 1. The Morgan fingerprint density at radius 3 is 2.56 bits per heavy atom. The van der Waals surface area contributed by atoms with Gasteiger partial charge >= 0.3 is 0 Å². The van der Waals surface area contributed by atoms with Crippen LogP contribution in [0.1, 0.15) is 18.4 Å². The highest BCUT2D eigenvalue weighted by Gasteiger charge is 2.22. The van der Waals surface area contributed by atoms with E-state index in [1.807, 2.05) is 48.5 Å². The van der Waals surface area contributed by atoms with E-state index in [-0.39, 0.29) is 12.5 Å². The molecule has 2 aromatic rings. The first-order valence-electron chi connectivity index (χ1n) is 10.8. The Hall–Kier alpha value is -2.39. The van der Waals surface area contributed by atoms with Gasteiger partial charge in [0.25, 0.3) is 5.91 Å². The molecule has 0 radical (unpaired) electrons. The Kier molecular flexibility index (Phi) is 7.81. The van der Waals surface area contributed by atoms with Gasteiger partial charge in [0.2, 0.25) is 0 Å². The molecule has 2 saturated heterocycles. The van der Waals surface area contributed by atoms with Crippen molar-refractivity contribution in [3.05, 3.63) is 65.1 Å². The average molecular weight is 470 g/mol. The van der Waals surface area contributed by atoms with Crippen LogP contribution in [0.3, 0.4) is 0 Å². The van der Waals surface area contributed by atoms with Crippen LogP contribution < -0.4 is 20.3 Å². The standard InChI is InChI=1S/C24H27N3O3S2/c28-20(16-30-21-4-2-1-3-5-21)15-25-18-10-12-27(13-11-18)19-8-6-17(7-9-19)14-22-23(29)26-24(31)32-22/h1-9,14,18,20,25,28H,10-13,15-16H2,(H,26,29,31)/b22-14+/t20-/m0/s1. The molecule has 32 heavy (non-hydrogen) atoms. The lowest BCUT2D eigenvalue weighted by atomic mass is 10.0. The maximum Gasteiger partial charge on any atom is 0.263 e. The van der Waals surface area contributed by atoms with Crippen LogP contribution in [-0.2, 0) is 4.79 Å². The third kappa shape index (κ3) is 6.32. The molecule has 0 bridgehead atoms. The topological polar surface area (TPSA) is 73.8 Å². The predicted molar refractivity (Wildman–Crippen MR) is 134 cm³/mol. The molecular formula is C24H27N3O3S2. The first-order valence-corrected chi connectivity index (χ1v) is 12.0. The van der Waals surface area contributed by atoms with Gasteiger partial charge in [-0.05, 0) is 48.7 Å². The fourth-order valence-electron chi connectivity index (χ4n) is 3.77. The SMILES string of the molecule is O=C1NC(=S)S/C1=C/c1ccc(N2CCC(NC[C@H](O)COc3ccccc3)CC2)cc1. The van der Waals surface area contributed by atoms with E-state index in [9.17, 15) is 9.90 Å². The first-order chi connectivity index (χ1) is 15.6. The van der Waals surface area contributed by atoms with Crippen molar-refractivity contribution >= 4 is 46.0 Å². The summed E-state index contributed by atoms with van der Waals surface area (Å²) in [6.45, 7) is 2.72. The van der Waals surface area contributed by atoms with Crippen molar-refractivity contribution in [1.82, 2.24) is 10.6 Å². The van der Waals surface area contributed by atoms with E-state index in [0.29, 0.717) is 21.8 Å². The molecule has 6 nitrogen and oxygen atoms in total. The van der Waals surface area contributed by atoms with Gasteiger partial charge in [0.1, 0.15) is 22.8 Å². The van der Waals surface area contributed by atoms with Crippen LogP contribution in [-0.4, -0.2) is 53.7 Å². The van der Waals surface area contributed by atoms with Gasteiger partial charge in [-0.25, -0.2) is 0 Å². The molecule has 1 amide bonds. The van der Waals surface area contributed by atoms with Crippen LogP contribution in [0.5, 0.6) is 5.75 Å². The molecule has 8 heteroatoms. The minimum Gasteiger partial charge on any atom is -0.491 e. The number of piperidine rings is 1. The zero-order chi connectivity index (χ0) is 22.3. The van der Waals surface area contributed by atoms with Crippen molar-refractivity contribution in [3.8, 4) is 5.75 Å². The minimum atomic E-state index is -0.538. The van der Waals surface area contributed by atoms with Crippen molar-refractivity contribution in [2.24, 2.45) is 0 Å². The highest BCUT2D eigenvalue weighted by Crippen LogP contribution is 2.27. The molecule has 0 spiro atoms. The molecule has 4 rings (SSSR count). The van der Waals surface area contributed by atoms with E-state index in [1.165, 1.54) is 17.4 Å². The van der Waals surface area contributed by atoms with E-state index in [1.54, 1.807) is 0 Å². The van der Waals surface area contributed by atoms with Crippen molar-refractivity contribution in [2.45, 2.75) is 25.0 Å². The molecule has 0 unspecified atom stereocenters. The molecule has 2 aromatic carbocycles. The predicted octanol–water partition coefficient (Wildman–Crippen LogP) is 3.17. The monoisotopic (exact) mass is 469 g/mol. The lowest BCUT2D eigenvalue weighted by Gasteiger charge is -2.34. The number of amides is 1. The van der Waals surface area contributed by atoms with Gasteiger partial charge in [-0.2, -0.15) is 0 Å².